The van der Waals surface area contributed by atoms with Crippen molar-refractivity contribution in [3.63, 3.8) is 0 Å². The molecule has 0 aliphatic carbocycles. The Morgan fingerprint density at radius 2 is 0.781 bits per heavy atom. The molecule has 0 saturated carbocycles. The Labute approximate surface area is 188 Å². The number of ether oxygens (including phenoxy) is 2. The first kappa shape index (κ1) is 21.6. The second kappa shape index (κ2) is 8.87. The third-order valence-electron chi connectivity index (χ3n) is 5.90. The van der Waals surface area contributed by atoms with Gasteiger partial charge in [-0.05, 0) is 23.3 Å². The second-order valence-corrected chi connectivity index (χ2v) is 7.55. The lowest BCUT2D eigenvalue weighted by atomic mass is 9.66. The molecule has 2 atom stereocenters. The van der Waals surface area contributed by atoms with E-state index < -0.39 is 11.2 Å². The van der Waals surface area contributed by atoms with Crippen LogP contribution in [-0.2, 0) is 11.2 Å². The summed E-state index contributed by atoms with van der Waals surface area (Å²) in [6.45, 7) is 0. The van der Waals surface area contributed by atoms with Crippen molar-refractivity contribution in [2.75, 3.05) is 14.2 Å². The second-order valence-electron chi connectivity index (χ2n) is 7.55. The molecule has 4 rings (SSSR count). The molecule has 0 spiro atoms. The van der Waals surface area contributed by atoms with Crippen molar-refractivity contribution in [3.05, 3.63) is 131 Å². The number of aliphatic hydroxyl groups is 2. The normalized spacial score (nSPS) is 14.8. The fourth-order valence-electron chi connectivity index (χ4n) is 4.36. The fourth-order valence-corrected chi connectivity index (χ4v) is 4.36. The summed E-state index contributed by atoms with van der Waals surface area (Å²) >= 11 is 0. The molecule has 0 saturated heterocycles. The molecule has 2 N–H and O–H groups in total. The van der Waals surface area contributed by atoms with Gasteiger partial charge in [0.1, 0.15) is 11.5 Å². The number of hydrogen-bond donors (Lipinski definition) is 2. The first-order valence-corrected chi connectivity index (χ1v) is 10.4. The van der Waals surface area contributed by atoms with E-state index in [2.05, 4.69) is 0 Å². The lowest BCUT2D eigenvalue weighted by Crippen LogP contribution is -2.51. The molecule has 0 amide bonds. The van der Waals surface area contributed by atoms with Crippen molar-refractivity contribution in [3.8, 4) is 11.5 Å². The Balaban J connectivity index is 2.17. The van der Waals surface area contributed by atoms with Crippen LogP contribution in [0.1, 0.15) is 22.3 Å². The third-order valence-corrected chi connectivity index (χ3v) is 5.90. The molecule has 4 heteroatoms. The maximum atomic E-state index is 12.7. The van der Waals surface area contributed by atoms with Crippen LogP contribution in [0.15, 0.2) is 109 Å². The van der Waals surface area contributed by atoms with E-state index in [1.807, 2.05) is 60.7 Å². The van der Waals surface area contributed by atoms with Gasteiger partial charge in [-0.2, -0.15) is 0 Å². The van der Waals surface area contributed by atoms with Crippen LogP contribution in [0.5, 0.6) is 11.5 Å². The van der Waals surface area contributed by atoms with E-state index in [9.17, 15) is 10.2 Å². The van der Waals surface area contributed by atoms with Gasteiger partial charge in [-0.1, -0.05) is 97.1 Å². The van der Waals surface area contributed by atoms with Crippen LogP contribution in [-0.4, -0.2) is 24.4 Å². The molecule has 0 aromatic heterocycles. The molecule has 0 unspecified atom stereocenters. The molecule has 0 fully saturated rings. The van der Waals surface area contributed by atoms with Crippen LogP contribution in [0.4, 0.5) is 0 Å². The smallest absolute Gasteiger partial charge is 0.155 e. The molecule has 4 aromatic rings. The third kappa shape index (κ3) is 3.34. The van der Waals surface area contributed by atoms with E-state index in [1.165, 1.54) is 0 Å². The van der Waals surface area contributed by atoms with Gasteiger partial charge in [-0.15, -0.1) is 0 Å². The van der Waals surface area contributed by atoms with E-state index in [4.69, 9.17) is 9.47 Å². The predicted molar refractivity (Wildman–Crippen MR) is 125 cm³/mol. The fraction of sp³-hybridized carbons (Fsp3) is 0.143. The highest BCUT2D eigenvalue weighted by Crippen LogP contribution is 2.53. The Hall–Kier alpha value is -3.60. The van der Waals surface area contributed by atoms with Crippen LogP contribution < -0.4 is 9.47 Å². The maximum Gasteiger partial charge on any atom is 0.155 e. The number of methoxy groups -OCH3 is 2. The average Bonchev–Trinajstić information content (AvgIpc) is 2.88. The van der Waals surface area contributed by atoms with Crippen LogP contribution in [0.25, 0.3) is 0 Å². The van der Waals surface area contributed by atoms with Gasteiger partial charge in [-0.25, -0.2) is 0 Å². The quantitative estimate of drug-likeness (QED) is 0.442. The Kier molecular flexibility index (Phi) is 5.99. The van der Waals surface area contributed by atoms with Crippen LogP contribution in [0, 0.1) is 0 Å². The lowest BCUT2D eigenvalue weighted by molar-refractivity contribution is -0.114. The van der Waals surface area contributed by atoms with Gasteiger partial charge < -0.3 is 19.7 Å². The molecule has 32 heavy (non-hydrogen) atoms. The van der Waals surface area contributed by atoms with Crippen LogP contribution in [0.3, 0.4) is 0 Å². The van der Waals surface area contributed by atoms with E-state index in [-0.39, 0.29) is 0 Å². The van der Waals surface area contributed by atoms with Crippen LogP contribution >= 0.6 is 0 Å². The van der Waals surface area contributed by atoms with Gasteiger partial charge in [0.25, 0.3) is 0 Å². The molecule has 0 aliphatic rings. The zero-order valence-corrected chi connectivity index (χ0v) is 18.1. The highest BCUT2D eigenvalue weighted by Gasteiger charge is 2.56. The van der Waals surface area contributed by atoms with Crippen molar-refractivity contribution in [2.45, 2.75) is 11.2 Å². The standard InChI is InChI=1S/C28H26O4/c1-31-25-19-11-9-17-23(25)27(29,21-13-5-3-6-14-21)28(30,22-15-7-4-8-16-22)24-18-10-12-20-26(24)32-2/h3-20,29-30H,1-2H3/t27-,28-/m0/s1. The number of hydrogen-bond acceptors (Lipinski definition) is 4. The van der Waals surface area contributed by atoms with Crippen LogP contribution in [0.2, 0.25) is 0 Å². The summed E-state index contributed by atoms with van der Waals surface area (Å²) in [4.78, 5) is 0. The first-order valence-electron chi connectivity index (χ1n) is 10.4. The summed E-state index contributed by atoms with van der Waals surface area (Å²) in [5, 5.41) is 25.5. The van der Waals surface area contributed by atoms with Gasteiger partial charge >= 0.3 is 0 Å². The summed E-state index contributed by atoms with van der Waals surface area (Å²) in [5.41, 5.74) is -1.94. The zero-order chi connectivity index (χ0) is 22.6. The highest BCUT2D eigenvalue weighted by molar-refractivity contribution is 5.56. The minimum atomic E-state index is -1.92. The summed E-state index contributed by atoms with van der Waals surface area (Å²) < 4.78 is 11.3. The number of benzene rings is 4. The minimum Gasteiger partial charge on any atom is -0.496 e. The van der Waals surface area contributed by atoms with Gasteiger partial charge in [0.05, 0.1) is 14.2 Å². The average molecular weight is 427 g/mol. The molecule has 4 aromatic carbocycles. The van der Waals surface area contributed by atoms with Crippen molar-refractivity contribution in [1.29, 1.82) is 0 Å². The Morgan fingerprint density at radius 1 is 0.469 bits per heavy atom. The van der Waals surface area contributed by atoms with Gasteiger partial charge in [-0.3, -0.25) is 0 Å². The van der Waals surface area contributed by atoms with Crippen molar-refractivity contribution in [2.24, 2.45) is 0 Å². The molecule has 0 bridgehead atoms. The number of para-hydroxylation sites is 2. The molecular formula is C28H26O4. The largest absolute Gasteiger partial charge is 0.496 e. The lowest BCUT2D eigenvalue weighted by Gasteiger charge is -2.45. The zero-order valence-electron chi connectivity index (χ0n) is 18.1. The van der Waals surface area contributed by atoms with Crippen molar-refractivity contribution in [1.82, 2.24) is 0 Å². The SMILES string of the molecule is COc1ccccc1[C@@](O)(c1ccccc1)[C@](O)(c1ccccc1)c1ccccc1OC. The van der Waals surface area contributed by atoms with E-state index in [0.717, 1.165) is 0 Å². The molecule has 0 heterocycles. The van der Waals surface area contributed by atoms with Crippen molar-refractivity contribution < 1.29 is 19.7 Å². The molecule has 162 valence electrons. The van der Waals surface area contributed by atoms with Gasteiger partial charge in [0.2, 0.25) is 0 Å². The molecule has 0 aliphatic heterocycles. The van der Waals surface area contributed by atoms with Gasteiger partial charge in [0.15, 0.2) is 11.2 Å². The summed E-state index contributed by atoms with van der Waals surface area (Å²) in [7, 11) is 3.10. The Morgan fingerprint density at radius 3 is 1.12 bits per heavy atom. The number of rotatable bonds is 7. The van der Waals surface area contributed by atoms with E-state index in [0.29, 0.717) is 33.8 Å². The summed E-state index contributed by atoms with van der Waals surface area (Å²) in [6.07, 6.45) is 0. The van der Waals surface area contributed by atoms with Gasteiger partial charge in [0, 0.05) is 11.1 Å². The van der Waals surface area contributed by atoms with Crippen molar-refractivity contribution >= 4 is 0 Å². The molecular weight excluding hydrogens is 400 g/mol. The molecule has 0 radical (unpaired) electrons. The highest BCUT2D eigenvalue weighted by atomic mass is 16.5. The van der Waals surface area contributed by atoms with E-state index in [1.54, 1.807) is 62.8 Å². The summed E-state index contributed by atoms with van der Waals surface area (Å²) in [5.74, 6) is 0.922. The molecule has 4 nitrogen and oxygen atoms in total. The maximum absolute atomic E-state index is 12.7. The predicted octanol–water partition coefficient (Wildman–Crippen LogP) is 4.88. The summed E-state index contributed by atoms with van der Waals surface area (Å²) in [6, 6.07) is 32.7. The minimum absolute atomic E-state index is 0.436. The topological polar surface area (TPSA) is 58.9 Å². The monoisotopic (exact) mass is 426 g/mol. The van der Waals surface area contributed by atoms with E-state index >= 15 is 0 Å². The Bertz CT molecular complexity index is 1080. The first-order chi connectivity index (χ1) is 15.6.